The smallest absolute Gasteiger partial charge is 0.193 e. The molecule has 1 unspecified atom stereocenters. The third-order valence-electron chi connectivity index (χ3n) is 3.89. The summed E-state index contributed by atoms with van der Waals surface area (Å²) in [5.74, 6) is 2.43. The van der Waals surface area contributed by atoms with Crippen LogP contribution in [0.25, 0.3) is 0 Å². The van der Waals surface area contributed by atoms with E-state index >= 15 is 0 Å². The van der Waals surface area contributed by atoms with Crippen molar-refractivity contribution in [3.05, 3.63) is 60.2 Å². The lowest BCUT2D eigenvalue weighted by Crippen LogP contribution is -2.45. The van der Waals surface area contributed by atoms with E-state index < -0.39 is 0 Å². The van der Waals surface area contributed by atoms with Crippen molar-refractivity contribution in [2.45, 2.75) is 12.6 Å². The van der Waals surface area contributed by atoms with E-state index in [4.69, 9.17) is 9.47 Å². The van der Waals surface area contributed by atoms with Gasteiger partial charge in [-0.25, -0.2) is 0 Å². The minimum atomic E-state index is -0.0400. The number of hydrogen-bond donors (Lipinski definition) is 1. The fourth-order valence-electron chi connectivity index (χ4n) is 2.69. The summed E-state index contributed by atoms with van der Waals surface area (Å²) < 4.78 is 11.7. The van der Waals surface area contributed by atoms with Gasteiger partial charge in [0.05, 0.1) is 6.54 Å². The third kappa shape index (κ3) is 5.26. The van der Waals surface area contributed by atoms with Crippen LogP contribution in [0.5, 0.6) is 11.5 Å². The number of hydrogen-bond acceptors (Lipinski definition) is 3. The Morgan fingerprint density at radius 2 is 1.80 bits per heavy atom. The van der Waals surface area contributed by atoms with Gasteiger partial charge >= 0.3 is 0 Å². The average molecular weight is 453 g/mol. The molecule has 0 saturated carbocycles. The van der Waals surface area contributed by atoms with Crippen LogP contribution in [0, 0.1) is 0 Å². The van der Waals surface area contributed by atoms with Gasteiger partial charge in [0.25, 0.3) is 0 Å². The Hall–Kier alpha value is -1.96. The van der Waals surface area contributed by atoms with Gasteiger partial charge in [0, 0.05) is 20.6 Å². The number of benzene rings is 2. The molecule has 0 spiro atoms. The molecule has 1 atom stereocenters. The van der Waals surface area contributed by atoms with Crippen molar-refractivity contribution in [3.63, 3.8) is 0 Å². The van der Waals surface area contributed by atoms with E-state index in [2.05, 4.69) is 27.3 Å². The molecule has 0 aliphatic carbocycles. The molecule has 1 aliphatic rings. The summed E-state index contributed by atoms with van der Waals surface area (Å²) in [7, 11) is 3.81. The second-order valence-electron chi connectivity index (χ2n) is 5.77. The molecule has 1 aliphatic heterocycles. The summed E-state index contributed by atoms with van der Waals surface area (Å²) in [5, 5.41) is 3.36. The molecule has 1 heterocycles. The Labute approximate surface area is 166 Å². The first-order valence-electron chi connectivity index (χ1n) is 8.10. The molecular formula is C19H24IN3O2. The minimum Gasteiger partial charge on any atom is -0.486 e. The number of halogens is 1. The number of guanidine groups is 1. The van der Waals surface area contributed by atoms with Crippen LogP contribution in [-0.2, 0) is 6.54 Å². The van der Waals surface area contributed by atoms with Gasteiger partial charge in [-0.1, -0.05) is 42.5 Å². The second kappa shape index (κ2) is 9.50. The van der Waals surface area contributed by atoms with Crippen LogP contribution < -0.4 is 14.8 Å². The van der Waals surface area contributed by atoms with Gasteiger partial charge in [-0.2, -0.15) is 0 Å². The fourth-order valence-corrected chi connectivity index (χ4v) is 2.69. The maximum Gasteiger partial charge on any atom is 0.193 e. The normalized spacial score (nSPS) is 15.9. The number of nitrogens with one attached hydrogen (secondary N) is 1. The van der Waals surface area contributed by atoms with Crippen LogP contribution in [-0.4, -0.2) is 44.2 Å². The van der Waals surface area contributed by atoms with Gasteiger partial charge in [-0.05, 0) is 17.7 Å². The highest BCUT2D eigenvalue weighted by Gasteiger charge is 2.21. The highest BCUT2D eigenvalue weighted by Crippen LogP contribution is 2.30. The number of aliphatic imine (C=N–C) groups is 1. The van der Waals surface area contributed by atoms with Crippen molar-refractivity contribution in [3.8, 4) is 11.5 Å². The molecule has 0 aromatic heterocycles. The van der Waals surface area contributed by atoms with Crippen LogP contribution in [0.3, 0.4) is 0 Å². The summed E-state index contributed by atoms with van der Waals surface area (Å²) in [6.45, 7) is 1.97. The molecule has 6 heteroatoms. The Kier molecular flexibility index (Phi) is 7.36. The van der Waals surface area contributed by atoms with E-state index in [1.807, 2.05) is 49.5 Å². The van der Waals surface area contributed by atoms with Crippen LogP contribution in [0.15, 0.2) is 59.6 Å². The Balaban J connectivity index is 0.00000225. The second-order valence-corrected chi connectivity index (χ2v) is 5.77. The standard InChI is InChI=1S/C19H23N3O2.HI/c1-20-19(22(2)13-15-8-4-3-5-9-15)21-12-16-14-23-17-10-6-7-11-18(17)24-16;/h3-11,16H,12-14H2,1-2H3,(H,20,21);1H. The largest absolute Gasteiger partial charge is 0.486 e. The van der Waals surface area contributed by atoms with Crippen molar-refractivity contribution >= 4 is 29.9 Å². The first kappa shape index (κ1) is 19.4. The van der Waals surface area contributed by atoms with Crippen LogP contribution in [0.4, 0.5) is 0 Å². The van der Waals surface area contributed by atoms with Gasteiger partial charge in [0.2, 0.25) is 0 Å². The lowest BCUT2D eigenvalue weighted by molar-refractivity contribution is 0.0932. The van der Waals surface area contributed by atoms with Crippen molar-refractivity contribution in [1.82, 2.24) is 10.2 Å². The van der Waals surface area contributed by atoms with Crippen molar-refractivity contribution < 1.29 is 9.47 Å². The maximum absolute atomic E-state index is 5.96. The average Bonchev–Trinajstić information content (AvgIpc) is 2.63. The Morgan fingerprint density at radius 3 is 2.52 bits per heavy atom. The topological polar surface area (TPSA) is 46.1 Å². The molecule has 0 radical (unpaired) electrons. The van der Waals surface area contributed by atoms with Gasteiger partial charge in [-0.3, -0.25) is 4.99 Å². The number of para-hydroxylation sites is 2. The lowest BCUT2D eigenvalue weighted by Gasteiger charge is -2.28. The Morgan fingerprint density at radius 1 is 1.12 bits per heavy atom. The summed E-state index contributed by atoms with van der Waals surface area (Å²) in [6, 6.07) is 18.1. The third-order valence-corrected chi connectivity index (χ3v) is 3.89. The molecule has 0 saturated heterocycles. The van der Waals surface area contributed by atoms with E-state index in [1.165, 1.54) is 5.56 Å². The molecule has 0 amide bonds. The number of fused-ring (bicyclic) bond motifs is 1. The highest BCUT2D eigenvalue weighted by molar-refractivity contribution is 14.0. The summed E-state index contributed by atoms with van der Waals surface area (Å²) >= 11 is 0. The molecule has 25 heavy (non-hydrogen) atoms. The molecule has 2 aromatic rings. The van der Waals surface area contributed by atoms with Crippen LogP contribution in [0.1, 0.15) is 5.56 Å². The Bertz CT molecular complexity index is 694. The SMILES string of the molecule is CN=C(NCC1COc2ccccc2O1)N(C)Cc1ccccc1.I. The molecule has 1 N–H and O–H groups in total. The zero-order chi connectivity index (χ0) is 16.8. The van der Waals surface area contributed by atoms with Gasteiger partial charge in [0.1, 0.15) is 12.7 Å². The zero-order valence-corrected chi connectivity index (χ0v) is 16.8. The summed E-state index contributed by atoms with van der Waals surface area (Å²) in [4.78, 5) is 6.44. The summed E-state index contributed by atoms with van der Waals surface area (Å²) in [6.07, 6.45) is -0.0400. The van der Waals surface area contributed by atoms with Crippen molar-refractivity contribution in [2.75, 3.05) is 27.2 Å². The maximum atomic E-state index is 5.96. The monoisotopic (exact) mass is 453 g/mol. The minimum absolute atomic E-state index is 0. The molecule has 2 aromatic carbocycles. The quantitative estimate of drug-likeness (QED) is 0.439. The molecule has 134 valence electrons. The molecule has 5 nitrogen and oxygen atoms in total. The number of ether oxygens (including phenoxy) is 2. The predicted molar refractivity (Wildman–Crippen MR) is 111 cm³/mol. The first-order chi connectivity index (χ1) is 11.8. The predicted octanol–water partition coefficient (Wildman–Crippen LogP) is 3.15. The molecular weight excluding hydrogens is 429 g/mol. The van der Waals surface area contributed by atoms with Crippen molar-refractivity contribution in [1.29, 1.82) is 0 Å². The molecule has 0 fully saturated rings. The van der Waals surface area contributed by atoms with E-state index in [9.17, 15) is 0 Å². The van der Waals surface area contributed by atoms with Gasteiger partial charge in [0.15, 0.2) is 17.5 Å². The zero-order valence-electron chi connectivity index (χ0n) is 14.5. The van der Waals surface area contributed by atoms with E-state index in [-0.39, 0.29) is 30.1 Å². The first-order valence-corrected chi connectivity index (χ1v) is 8.10. The molecule has 3 rings (SSSR count). The molecule has 0 bridgehead atoms. The van der Waals surface area contributed by atoms with Gasteiger partial charge in [-0.15, -0.1) is 24.0 Å². The van der Waals surface area contributed by atoms with Crippen molar-refractivity contribution in [2.24, 2.45) is 4.99 Å². The van der Waals surface area contributed by atoms with Crippen LogP contribution >= 0.6 is 24.0 Å². The van der Waals surface area contributed by atoms with E-state index in [1.54, 1.807) is 7.05 Å². The number of rotatable bonds is 4. The number of nitrogens with zero attached hydrogens (tertiary/aromatic N) is 2. The fraction of sp³-hybridized carbons (Fsp3) is 0.316. The lowest BCUT2D eigenvalue weighted by atomic mass is 10.2. The summed E-state index contributed by atoms with van der Waals surface area (Å²) in [5.41, 5.74) is 1.24. The van der Waals surface area contributed by atoms with E-state index in [0.717, 1.165) is 24.0 Å². The van der Waals surface area contributed by atoms with E-state index in [0.29, 0.717) is 13.2 Å². The highest BCUT2D eigenvalue weighted by atomic mass is 127. The van der Waals surface area contributed by atoms with Gasteiger partial charge < -0.3 is 19.7 Å². The van der Waals surface area contributed by atoms with Crippen LogP contribution in [0.2, 0.25) is 0 Å².